The van der Waals surface area contributed by atoms with Crippen LogP contribution in [0, 0.1) is 0 Å². The van der Waals surface area contributed by atoms with Crippen LogP contribution in [0.25, 0.3) is 11.3 Å². The van der Waals surface area contributed by atoms with E-state index in [9.17, 15) is 0 Å². The molecule has 0 unspecified atom stereocenters. The van der Waals surface area contributed by atoms with E-state index in [0.717, 1.165) is 11.3 Å². The monoisotopic (exact) mass is 188 g/mol. The molecule has 0 saturated carbocycles. The van der Waals surface area contributed by atoms with Gasteiger partial charge < -0.3 is 0 Å². The van der Waals surface area contributed by atoms with Gasteiger partial charge in [-0.1, -0.05) is 30.3 Å². The van der Waals surface area contributed by atoms with Gasteiger partial charge in [-0.2, -0.15) is 5.10 Å². The minimum Gasteiger partial charge on any atom is -0.215 e. The number of nitrogens with zero attached hydrogens (tertiary/aromatic N) is 3. The van der Waals surface area contributed by atoms with Crippen molar-refractivity contribution < 1.29 is 0 Å². The van der Waals surface area contributed by atoms with Crippen molar-refractivity contribution >= 4 is 12.6 Å². The van der Waals surface area contributed by atoms with E-state index in [1.807, 2.05) is 30.3 Å². The first kappa shape index (κ1) is 8.07. The molecule has 3 nitrogen and oxygen atoms in total. The molecule has 13 heavy (non-hydrogen) atoms. The molecule has 63 valence electrons. The van der Waals surface area contributed by atoms with Gasteiger partial charge in [-0.3, -0.25) is 0 Å². The average molecular weight is 188 g/mol. The van der Waals surface area contributed by atoms with Crippen molar-refractivity contribution in [2.45, 2.75) is 5.16 Å². The Morgan fingerprint density at radius 2 is 1.85 bits per heavy atom. The zero-order chi connectivity index (χ0) is 9.10. The van der Waals surface area contributed by atoms with E-state index in [0.29, 0.717) is 0 Å². The van der Waals surface area contributed by atoms with Gasteiger partial charge in [0.25, 0.3) is 0 Å². The maximum atomic E-state index is 4.81. The van der Waals surface area contributed by atoms with Gasteiger partial charge in [-0.05, 0) is 12.6 Å². The fourth-order valence-electron chi connectivity index (χ4n) is 1.04. The van der Waals surface area contributed by atoms with Crippen molar-refractivity contribution in [3.8, 4) is 11.3 Å². The first-order chi connectivity index (χ1) is 6.36. The van der Waals surface area contributed by atoms with Gasteiger partial charge in [-0.25, -0.2) is 4.98 Å². The van der Waals surface area contributed by atoms with Gasteiger partial charge in [0.15, 0.2) is 0 Å². The normalized spacial score (nSPS) is 9.85. The highest BCUT2D eigenvalue weighted by atomic mass is 32.1. The largest absolute Gasteiger partial charge is 0.240 e. The number of benzene rings is 1. The zero-order valence-corrected chi connectivity index (χ0v) is 7.53. The van der Waals surface area contributed by atoms with Gasteiger partial charge in [0.2, 0.25) is 5.16 Å². The topological polar surface area (TPSA) is 38.7 Å². The van der Waals surface area contributed by atoms with Crippen molar-refractivity contribution in [3.05, 3.63) is 36.5 Å². The highest BCUT2D eigenvalue weighted by Gasteiger charge is 1.99. The Hall–Kier alpha value is -1.55. The third kappa shape index (κ3) is 1.78. The third-order valence-corrected chi connectivity index (χ3v) is 1.78. The average Bonchev–Trinajstić information content (AvgIpc) is 2.19. The summed E-state index contributed by atoms with van der Waals surface area (Å²) in [5, 5.41) is 7.64. The van der Waals surface area contributed by atoms with Crippen LogP contribution in [-0.2, 0) is 0 Å². The predicted octanol–water partition coefficient (Wildman–Crippen LogP) is 2.09. The van der Waals surface area contributed by atoms with E-state index in [2.05, 4.69) is 15.2 Å². The summed E-state index contributed by atoms with van der Waals surface area (Å²) in [5.74, 6) is 0. The van der Waals surface area contributed by atoms with Gasteiger partial charge in [-0.15, -0.1) is 5.10 Å². The molecular weight excluding hydrogens is 182 g/mol. The van der Waals surface area contributed by atoms with E-state index in [4.69, 9.17) is 12.6 Å². The molecule has 2 aromatic rings. The molecule has 4 heteroatoms. The van der Waals surface area contributed by atoms with Crippen molar-refractivity contribution in [3.63, 3.8) is 0 Å². The molecule has 2 rings (SSSR count). The Kier molecular flexibility index (Phi) is 2.14. The van der Waals surface area contributed by atoms with E-state index < -0.39 is 0 Å². The first-order valence-corrected chi connectivity index (χ1v) is 4.19. The highest BCUT2D eigenvalue weighted by molar-refractivity contribution is 7.80. The van der Waals surface area contributed by atoms with Crippen LogP contribution in [0.5, 0.6) is 0 Å². The summed E-state index contributed by atoms with van der Waals surface area (Å²) in [7, 11) is 0. The number of hydrogen-bond donors (Lipinski definition) is 0. The molecule has 0 saturated heterocycles. The molecule has 0 atom stereocenters. The Bertz CT molecular complexity index is 403. The summed E-state index contributed by atoms with van der Waals surface area (Å²) in [4.78, 5) is 4.08. The molecule has 0 aliphatic carbocycles. The number of hydrogen-bond acceptors (Lipinski definition) is 3. The summed E-state index contributed by atoms with van der Waals surface area (Å²) < 4.78 is 0. The van der Waals surface area contributed by atoms with Crippen LogP contribution >= 0.6 is 12.6 Å². The molecule has 1 radical (unpaired) electrons. The Balaban J connectivity index is 2.48. The minimum absolute atomic E-state index is 0.279. The molecule has 1 heterocycles. The standard InChI is InChI=1S/C9H6N3S/c13-9-11-8(6-10-12-9)7-4-2-1-3-5-7/h1-6H. The van der Waals surface area contributed by atoms with Crippen LogP contribution in [-0.4, -0.2) is 15.2 Å². The van der Waals surface area contributed by atoms with E-state index in [-0.39, 0.29) is 5.16 Å². The van der Waals surface area contributed by atoms with Crippen LogP contribution in [0.2, 0.25) is 0 Å². The van der Waals surface area contributed by atoms with Crippen molar-refractivity contribution in [2.75, 3.05) is 0 Å². The van der Waals surface area contributed by atoms with Crippen LogP contribution in [0.15, 0.2) is 41.7 Å². The number of rotatable bonds is 1. The molecule has 0 N–H and O–H groups in total. The lowest BCUT2D eigenvalue weighted by Crippen LogP contribution is -1.90. The summed E-state index contributed by atoms with van der Waals surface area (Å²) in [5.41, 5.74) is 1.77. The molecule has 0 aliphatic rings. The fraction of sp³-hybridized carbons (Fsp3) is 0. The summed E-state index contributed by atoms with van der Waals surface area (Å²) in [6, 6.07) is 9.76. The van der Waals surface area contributed by atoms with E-state index in [1.165, 1.54) is 0 Å². The Morgan fingerprint density at radius 1 is 1.08 bits per heavy atom. The van der Waals surface area contributed by atoms with Crippen molar-refractivity contribution in [1.82, 2.24) is 15.2 Å². The summed E-state index contributed by atoms with van der Waals surface area (Å²) in [6.07, 6.45) is 1.60. The molecule has 0 amide bonds. The van der Waals surface area contributed by atoms with Crippen LogP contribution in [0.1, 0.15) is 0 Å². The second kappa shape index (κ2) is 3.45. The summed E-state index contributed by atoms with van der Waals surface area (Å²) in [6.45, 7) is 0. The van der Waals surface area contributed by atoms with Gasteiger partial charge in [0, 0.05) is 5.56 Å². The lowest BCUT2D eigenvalue weighted by molar-refractivity contribution is 0.848. The molecule has 0 spiro atoms. The molecule has 0 aliphatic heterocycles. The molecule has 0 fully saturated rings. The van der Waals surface area contributed by atoms with Crippen molar-refractivity contribution in [2.24, 2.45) is 0 Å². The molecule has 0 bridgehead atoms. The Morgan fingerprint density at radius 3 is 2.54 bits per heavy atom. The molecule has 1 aromatic carbocycles. The third-order valence-electron chi connectivity index (χ3n) is 1.61. The van der Waals surface area contributed by atoms with E-state index in [1.54, 1.807) is 6.20 Å². The van der Waals surface area contributed by atoms with Gasteiger partial charge in [0.05, 0.1) is 11.9 Å². The SMILES string of the molecule is [S]c1nncc(-c2ccccc2)n1. The zero-order valence-electron chi connectivity index (χ0n) is 6.71. The molecular formula is C9H6N3S. The van der Waals surface area contributed by atoms with Gasteiger partial charge >= 0.3 is 0 Å². The Labute approximate surface area is 81.3 Å². The smallest absolute Gasteiger partial charge is 0.215 e. The lowest BCUT2D eigenvalue weighted by atomic mass is 10.2. The minimum atomic E-state index is 0.279. The highest BCUT2D eigenvalue weighted by Crippen LogP contribution is 2.14. The second-order valence-corrected chi connectivity index (χ2v) is 2.86. The second-order valence-electron chi connectivity index (χ2n) is 2.49. The summed E-state index contributed by atoms with van der Waals surface area (Å²) >= 11 is 4.81. The predicted molar refractivity (Wildman–Crippen MR) is 51.1 cm³/mol. The molecule has 1 aromatic heterocycles. The first-order valence-electron chi connectivity index (χ1n) is 3.78. The number of aromatic nitrogens is 3. The maximum Gasteiger partial charge on any atom is 0.240 e. The lowest BCUT2D eigenvalue weighted by Gasteiger charge is -1.97. The van der Waals surface area contributed by atoms with Crippen molar-refractivity contribution in [1.29, 1.82) is 0 Å². The van der Waals surface area contributed by atoms with Crippen LogP contribution < -0.4 is 0 Å². The quantitative estimate of drug-likeness (QED) is 0.687. The van der Waals surface area contributed by atoms with E-state index >= 15 is 0 Å². The van der Waals surface area contributed by atoms with Crippen LogP contribution in [0.4, 0.5) is 0 Å². The van der Waals surface area contributed by atoms with Gasteiger partial charge in [0.1, 0.15) is 0 Å². The fourth-order valence-corrected chi connectivity index (χ4v) is 1.18. The van der Waals surface area contributed by atoms with Crippen LogP contribution in [0.3, 0.4) is 0 Å². The maximum absolute atomic E-state index is 4.81.